The first-order valence-electron chi connectivity index (χ1n) is 5.65. The first kappa shape index (κ1) is 10.3. The number of aromatic nitrogens is 1. The van der Waals surface area contributed by atoms with Crippen LogP contribution in [0.4, 0.5) is 11.4 Å². The standard InChI is InChI=1S/C12H19N3/c1-3-14-10-6-11(8-13-7-10)15-9-12(2)4-5-12/h6-8,14-15H,3-5,9H2,1-2H3. The molecule has 3 nitrogen and oxygen atoms in total. The van der Waals surface area contributed by atoms with Crippen molar-refractivity contribution >= 4 is 11.4 Å². The summed E-state index contributed by atoms with van der Waals surface area (Å²) >= 11 is 0. The van der Waals surface area contributed by atoms with Gasteiger partial charge in [0.2, 0.25) is 0 Å². The quantitative estimate of drug-likeness (QED) is 0.776. The maximum Gasteiger partial charge on any atom is 0.0547 e. The van der Waals surface area contributed by atoms with E-state index in [2.05, 4.69) is 35.5 Å². The lowest BCUT2D eigenvalue weighted by Gasteiger charge is -2.12. The average molecular weight is 205 g/mol. The van der Waals surface area contributed by atoms with Gasteiger partial charge in [0.15, 0.2) is 0 Å². The predicted molar refractivity (Wildman–Crippen MR) is 64.2 cm³/mol. The molecule has 3 heteroatoms. The van der Waals surface area contributed by atoms with E-state index in [4.69, 9.17) is 0 Å². The van der Waals surface area contributed by atoms with Gasteiger partial charge in [0.05, 0.1) is 23.8 Å². The van der Waals surface area contributed by atoms with E-state index in [1.807, 2.05) is 12.4 Å². The van der Waals surface area contributed by atoms with E-state index < -0.39 is 0 Å². The zero-order valence-electron chi connectivity index (χ0n) is 9.51. The molecule has 1 aromatic heterocycles. The molecule has 1 aliphatic carbocycles. The lowest BCUT2D eigenvalue weighted by Crippen LogP contribution is -2.12. The number of hydrogen-bond donors (Lipinski definition) is 2. The molecule has 0 saturated heterocycles. The van der Waals surface area contributed by atoms with Gasteiger partial charge in [-0.05, 0) is 31.2 Å². The predicted octanol–water partition coefficient (Wildman–Crippen LogP) is 2.73. The molecule has 1 aromatic rings. The van der Waals surface area contributed by atoms with Crippen molar-refractivity contribution in [3.05, 3.63) is 18.5 Å². The Kier molecular flexibility index (Phi) is 2.80. The minimum absolute atomic E-state index is 0.536. The number of anilines is 2. The van der Waals surface area contributed by atoms with Crippen molar-refractivity contribution in [2.45, 2.75) is 26.7 Å². The van der Waals surface area contributed by atoms with Gasteiger partial charge < -0.3 is 10.6 Å². The van der Waals surface area contributed by atoms with Crippen molar-refractivity contribution in [3.63, 3.8) is 0 Å². The molecule has 0 radical (unpaired) electrons. The fourth-order valence-electron chi connectivity index (χ4n) is 1.54. The Labute approximate surface area is 91.3 Å². The molecule has 0 amide bonds. The number of nitrogens with zero attached hydrogens (tertiary/aromatic N) is 1. The Morgan fingerprint density at radius 1 is 1.27 bits per heavy atom. The second-order valence-electron chi connectivity index (χ2n) is 4.66. The van der Waals surface area contributed by atoms with Gasteiger partial charge in [-0.3, -0.25) is 4.98 Å². The van der Waals surface area contributed by atoms with Crippen LogP contribution in [0, 0.1) is 5.41 Å². The first-order chi connectivity index (χ1) is 7.22. The number of nitrogens with one attached hydrogen (secondary N) is 2. The highest BCUT2D eigenvalue weighted by atomic mass is 14.9. The van der Waals surface area contributed by atoms with E-state index in [1.165, 1.54) is 12.8 Å². The molecule has 1 heterocycles. The van der Waals surface area contributed by atoms with Gasteiger partial charge in [0.1, 0.15) is 0 Å². The third-order valence-electron chi connectivity index (χ3n) is 2.94. The number of rotatable bonds is 5. The van der Waals surface area contributed by atoms with Gasteiger partial charge in [-0.25, -0.2) is 0 Å². The molecule has 1 fully saturated rings. The number of pyridine rings is 1. The minimum Gasteiger partial charge on any atom is -0.384 e. The summed E-state index contributed by atoms with van der Waals surface area (Å²) in [6, 6.07) is 2.11. The van der Waals surface area contributed by atoms with Crippen LogP contribution < -0.4 is 10.6 Å². The van der Waals surface area contributed by atoms with Crippen LogP contribution in [0.5, 0.6) is 0 Å². The van der Waals surface area contributed by atoms with Crippen LogP contribution in [-0.2, 0) is 0 Å². The Morgan fingerprint density at radius 3 is 2.53 bits per heavy atom. The summed E-state index contributed by atoms with van der Waals surface area (Å²) in [6.07, 6.45) is 6.43. The second-order valence-corrected chi connectivity index (χ2v) is 4.66. The van der Waals surface area contributed by atoms with Gasteiger partial charge in [0.25, 0.3) is 0 Å². The van der Waals surface area contributed by atoms with Crippen LogP contribution in [0.2, 0.25) is 0 Å². The summed E-state index contributed by atoms with van der Waals surface area (Å²) in [4.78, 5) is 4.20. The van der Waals surface area contributed by atoms with Gasteiger partial charge >= 0.3 is 0 Å². The maximum absolute atomic E-state index is 4.20. The molecule has 0 spiro atoms. The molecule has 2 N–H and O–H groups in total. The molecule has 0 bridgehead atoms. The van der Waals surface area contributed by atoms with E-state index >= 15 is 0 Å². The van der Waals surface area contributed by atoms with Gasteiger partial charge in [-0.1, -0.05) is 6.92 Å². The lowest BCUT2D eigenvalue weighted by molar-refractivity contribution is 0.610. The Hall–Kier alpha value is -1.25. The fraction of sp³-hybridized carbons (Fsp3) is 0.583. The highest BCUT2D eigenvalue weighted by Gasteiger charge is 2.36. The molecule has 1 saturated carbocycles. The van der Waals surface area contributed by atoms with Crippen LogP contribution in [-0.4, -0.2) is 18.1 Å². The average Bonchev–Trinajstić information content (AvgIpc) is 2.96. The van der Waals surface area contributed by atoms with Crippen LogP contribution in [0.25, 0.3) is 0 Å². The van der Waals surface area contributed by atoms with Crippen molar-refractivity contribution in [3.8, 4) is 0 Å². The van der Waals surface area contributed by atoms with Crippen LogP contribution >= 0.6 is 0 Å². The first-order valence-corrected chi connectivity index (χ1v) is 5.65. The SMILES string of the molecule is CCNc1cncc(NCC2(C)CC2)c1. The summed E-state index contributed by atoms with van der Waals surface area (Å²) in [7, 11) is 0. The van der Waals surface area contributed by atoms with E-state index in [9.17, 15) is 0 Å². The van der Waals surface area contributed by atoms with Crippen LogP contribution in [0.15, 0.2) is 18.5 Å². The van der Waals surface area contributed by atoms with E-state index in [0.29, 0.717) is 5.41 Å². The summed E-state index contributed by atoms with van der Waals surface area (Å²) in [6.45, 7) is 6.40. The molecule has 2 rings (SSSR count). The van der Waals surface area contributed by atoms with Crippen LogP contribution in [0.1, 0.15) is 26.7 Å². The summed E-state index contributed by atoms with van der Waals surface area (Å²) in [5, 5.41) is 6.70. The van der Waals surface area contributed by atoms with Crippen molar-refractivity contribution in [1.29, 1.82) is 0 Å². The Morgan fingerprint density at radius 2 is 1.93 bits per heavy atom. The largest absolute Gasteiger partial charge is 0.384 e. The molecular formula is C12H19N3. The number of hydrogen-bond acceptors (Lipinski definition) is 3. The highest BCUT2D eigenvalue weighted by molar-refractivity contribution is 5.54. The van der Waals surface area contributed by atoms with E-state index in [1.54, 1.807) is 0 Å². The molecule has 82 valence electrons. The van der Waals surface area contributed by atoms with Crippen molar-refractivity contribution in [2.24, 2.45) is 5.41 Å². The van der Waals surface area contributed by atoms with E-state index in [0.717, 1.165) is 24.5 Å². The molecule has 0 atom stereocenters. The maximum atomic E-state index is 4.20. The molecule has 1 aliphatic rings. The zero-order valence-corrected chi connectivity index (χ0v) is 9.51. The normalized spacial score (nSPS) is 17.2. The monoisotopic (exact) mass is 205 g/mol. The topological polar surface area (TPSA) is 37.0 Å². The van der Waals surface area contributed by atoms with Crippen molar-refractivity contribution < 1.29 is 0 Å². The lowest BCUT2D eigenvalue weighted by atomic mass is 10.1. The third kappa shape index (κ3) is 2.85. The summed E-state index contributed by atoms with van der Waals surface area (Å²) in [5.74, 6) is 0. The highest BCUT2D eigenvalue weighted by Crippen LogP contribution is 2.44. The van der Waals surface area contributed by atoms with Crippen LogP contribution in [0.3, 0.4) is 0 Å². The minimum atomic E-state index is 0.536. The van der Waals surface area contributed by atoms with Gasteiger partial charge in [0, 0.05) is 13.1 Å². The summed E-state index contributed by atoms with van der Waals surface area (Å²) in [5.41, 5.74) is 2.73. The van der Waals surface area contributed by atoms with Crippen molar-refractivity contribution in [1.82, 2.24) is 4.98 Å². The van der Waals surface area contributed by atoms with Gasteiger partial charge in [-0.15, -0.1) is 0 Å². The van der Waals surface area contributed by atoms with Crippen molar-refractivity contribution in [2.75, 3.05) is 23.7 Å². The van der Waals surface area contributed by atoms with E-state index in [-0.39, 0.29) is 0 Å². The summed E-state index contributed by atoms with van der Waals surface area (Å²) < 4.78 is 0. The second kappa shape index (κ2) is 4.09. The molecule has 0 unspecified atom stereocenters. The molecule has 0 aromatic carbocycles. The Balaban J connectivity index is 1.92. The molecule has 0 aliphatic heterocycles. The van der Waals surface area contributed by atoms with Gasteiger partial charge in [-0.2, -0.15) is 0 Å². The fourth-order valence-corrected chi connectivity index (χ4v) is 1.54. The smallest absolute Gasteiger partial charge is 0.0547 e. The zero-order chi connectivity index (χ0) is 10.7. The Bertz CT molecular complexity index is 331. The third-order valence-corrected chi connectivity index (χ3v) is 2.94. The molecular weight excluding hydrogens is 186 g/mol. The molecule has 15 heavy (non-hydrogen) atoms.